The molecule has 2 aliphatic heterocycles. The molecular formula is C15H17Cl2NO3. The second-order valence-corrected chi connectivity index (χ2v) is 6.11. The van der Waals surface area contributed by atoms with E-state index in [0.717, 1.165) is 24.9 Å². The Morgan fingerprint density at radius 1 is 1.24 bits per heavy atom. The van der Waals surface area contributed by atoms with Crippen LogP contribution in [0.15, 0.2) is 18.2 Å². The monoisotopic (exact) mass is 329 g/mol. The molecule has 2 saturated heterocycles. The van der Waals surface area contributed by atoms with E-state index in [0.29, 0.717) is 29.9 Å². The normalized spacial score (nSPS) is 26.1. The molecular weight excluding hydrogens is 313 g/mol. The fourth-order valence-corrected chi connectivity index (χ4v) is 3.22. The van der Waals surface area contributed by atoms with Crippen molar-refractivity contribution < 1.29 is 14.3 Å². The maximum absolute atomic E-state index is 12.6. The summed E-state index contributed by atoms with van der Waals surface area (Å²) < 4.78 is 10.8. The lowest BCUT2D eigenvalue weighted by atomic mass is 10.0. The Bertz CT molecular complexity index is 532. The summed E-state index contributed by atoms with van der Waals surface area (Å²) in [6, 6.07) is 5.60. The van der Waals surface area contributed by atoms with Gasteiger partial charge >= 0.3 is 0 Å². The Morgan fingerprint density at radius 2 is 2.10 bits per heavy atom. The highest BCUT2D eigenvalue weighted by Crippen LogP contribution is 2.35. The molecule has 2 atom stereocenters. The van der Waals surface area contributed by atoms with Crippen LogP contribution in [0, 0.1) is 0 Å². The number of nitrogens with zero attached hydrogens (tertiary/aromatic N) is 1. The summed E-state index contributed by atoms with van der Waals surface area (Å²) in [5.41, 5.74) is 1.02. The number of rotatable bonds is 2. The predicted octanol–water partition coefficient (Wildman–Crippen LogP) is 3.07. The lowest BCUT2D eigenvalue weighted by Gasteiger charge is -2.31. The van der Waals surface area contributed by atoms with Crippen LogP contribution in [0.25, 0.3) is 0 Å². The van der Waals surface area contributed by atoms with Crippen LogP contribution in [-0.4, -0.2) is 43.3 Å². The van der Waals surface area contributed by atoms with E-state index in [1.54, 1.807) is 6.07 Å². The lowest BCUT2D eigenvalue weighted by Crippen LogP contribution is -2.45. The van der Waals surface area contributed by atoms with Crippen molar-refractivity contribution in [2.45, 2.75) is 25.0 Å². The quantitative estimate of drug-likeness (QED) is 0.837. The molecule has 2 fully saturated rings. The lowest BCUT2D eigenvalue weighted by molar-refractivity contribution is -0.158. The Kier molecular flexibility index (Phi) is 4.69. The van der Waals surface area contributed by atoms with Gasteiger partial charge in [0.15, 0.2) is 6.10 Å². The maximum atomic E-state index is 12.6. The SMILES string of the molecule is O=C([C@H]1COCCO1)N1CCC[C@H]1c1ccc(Cl)c(Cl)c1. The summed E-state index contributed by atoms with van der Waals surface area (Å²) in [7, 11) is 0. The van der Waals surface area contributed by atoms with Crippen LogP contribution in [0.3, 0.4) is 0 Å². The zero-order valence-corrected chi connectivity index (χ0v) is 13.1. The molecule has 0 unspecified atom stereocenters. The number of carbonyl (C=O) groups excluding carboxylic acids is 1. The first kappa shape index (κ1) is 15.1. The molecule has 4 nitrogen and oxygen atoms in total. The summed E-state index contributed by atoms with van der Waals surface area (Å²) in [5.74, 6) is 0.00303. The van der Waals surface area contributed by atoms with E-state index in [-0.39, 0.29) is 11.9 Å². The van der Waals surface area contributed by atoms with Gasteiger partial charge in [-0.25, -0.2) is 0 Å². The van der Waals surface area contributed by atoms with Crippen molar-refractivity contribution in [3.05, 3.63) is 33.8 Å². The molecule has 0 radical (unpaired) electrons. The molecule has 0 saturated carbocycles. The predicted molar refractivity (Wildman–Crippen MR) is 80.7 cm³/mol. The van der Waals surface area contributed by atoms with Gasteiger partial charge in [-0.3, -0.25) is 4.79 Å². The minimum atomic E-state index is -0.484. The van der Waals surface area contributed by atoms with Crippen molar-refractivity contribution in [1.82, 2.24) is 4.90 Å². The average molecular weight is 330 g/mol. The van der Waals surface area contributed by atoms with Crippen molar-refractivity contribution in [2.24, 2.45) is 0 Å². The highest BCUT2D eigenvalue weighted by molar-refractivity contribution is 6.42. The van der Waals surface area contributed by atoms with Crippen molar-refractivity contribution in [1.29, 1.82) is 0 Å². The van der Waals surface area contributed by atoms with Gasteiger partial charge in [-0.15, -0.1) is 0 Å². The first-order valence-electron chi connectivity index (χ1n) is 7.11. The molecule has 114 valence electrons. The number of likely N-dealkylation sites (tertiary alicyclic amines) is 1. The van der Waals surface area contributed by atoms with Crippen molar-refractivity contribution in [3.8, 4) is 0 Å². The molecule has 1 aromatic carbocycles. The van der Waals surface area contributed by atoms with Crippen molar-refractivity contribution in [3.63, 3.8) is 0 Å². The van der Waals surface area contributed by atoms with E-state index in [1.807, 2.05) is 17.0 Å². The fourth-order valence-electron chi connectivity index (χ4n) is 2.91. The molecule has 2 aliphatic rings. The molecule has 0 N–H and O–H groups in total. The summed E-state index contributed by atoms with van der Waals surface area (Å²) in [5, 5.41) is 1.05. The second-order valence-electron chi connectivity index (χ2n) is 5.30. The molecule has 1 aromatic rings. The highest BCUT2D eigenvalue weighted by Gasteiger charge is 2.35. The molecule has 3 rings (SSSR count). The van der Waals surface area contributed by atoms with Gasteiger partial charge in [-0.2, -0.15) is 0 Å². The highest BCUT2D eigenvalue weighted by atomic mass is 35.5. The molecule has 0 spiro atoms. The maximum Gasteiger partial charge on any atom is 0.254 e. The minimum Gasteiger partial charge on any atom is -0.376 e. The third-order valence-corrected chi connectivity index (χ3v) is 4.69. The van der Waals surface area contributed by atoms with Crippen molar-refractivity contribution >= 4 is 29.1 Å². The van der Waals surface area contributed by atoms with E-state index >= 15 is 0 Å². The van der Waals surface area contributed by atoms with Crippen LogP contribution in [0.5, 0.6) is 0 Å². The Hall–Kier alpha value is -0.810. The Morgan fingerprint density at radius 3 is 2.81 bits per heavy atom. The summed E-state index contributed by atoms with van der Waals surface area (Å²) in [6.45, 7) is 2.11. The Labute approximate surface area is 133 Å². The number of benzene rings is 1. The minimum absolute atomic E-state index is 0.00303. The van der Waals surface area contributed by atoms with E-state index < -0.39 is 6.10 Å². The van der Waals surface area contributed by atoms with Gasteiger partial charge in [0.25, 0.3) is 5.91 Å². The van der Waals surface area contributed by atoms with Gasteiger partial charge in [0, 0.05) is 6.54 Å². The zero-order valence-electron chi connectivity index (χ0n) is 11.6. The van der Waals surface area contributed by atoms with Gasteiger partial charge < -0.3 is 14.4 Å². The molecule has 2 heterocycles. The van der Waals surface area contributed by atoms with Crippen LogP contribution >= 0.6 is 23.2 Å². The number of ether oxygens (including phenoxy) is 2. The number of halogens is 2. The van der Waals surface area contributed by atoms with Crippen LogP contribution in [0.2, 0.25) is 10.0 Å². The summed E-state index contributed by atoms with van der Waals surface area (Å²) in [4.78, 5) is 14.5. The van der Waals surface area contributed by atoms with Crippen LogP contribution in [0.1, 0.15) is 24.4 Å². The largest absolute Gasteiger partial charge is 0.376 e. The van der Waals surface area contributed by atoms with Crippen LogP contribution in [0.4, 0.5) is 0 Å². The third-order valence-electron chi connectivity index (χ3n) is 3.96. The molecule has 21 heavy (non-hydrogen) atoms. The van der Waals surface area contributed by atoms with E-state index in [9.17, 15) is 4.79 Å². The number of carbonyl (C=O) groups is 1. The number of amides is 1. The molecule has 0 bridgehead atoms. The first-order chi connectivity index (χ1) is 10.2. The smallest absolute Gasteiger partial charge is 0.254 e. The number of hydrogen-bond donors (Lipinski definition) is 0. The van der Waals surface area contributed by atoms with E-state index in [2.05, 4.69) is 0 Å². The zero-order chi connectivity index (χ0) is 14.8. The molecule has 0 aliphatic carbocycles. The third kappa shape index (κ3) is 3.19. The van der Waals surface area contributed by atoms with E-state index in [4.69, 9.17) is 32.7 Å². The number of hydrogen-bond acceptors (Lipinski definition) is 3. The van der Waals surface area contributed by atoms with E-state index in [1.165, 1.54) is 0 Å². The van der Waals surface area contributed by atoms with Gasteiger partial charge in [0.2, 0.25) is 0 Å². The van der Waals surface area contributed by atoms with Gasteiger partial charge in [-0.05, 0) is 30.5 Å². The van der Waals surface area contributed by atoms with Gasteiger partial charge in [-0.1, -0.05) is 29.3 Å². The first-order valence-corrected chi connectivity index (χ1v) is 7.87. The second kappa shape index (κ2) is 6.53. The fraction of sp³-hybridized carbons (Fsp3) is 0.533. The molecule has 1 amide bonds. The van der Waals surface area contributed by atoms with Gasteiger partial charge in [0.05, 0.1) is 35.9 Å². The van der Waals surface area contributed by atoms with Crippen molar-refractivity contribution in [2.75, 3.05) is 26.4 Å². The topological polar surface area (TPSA) is 38.8 Å². The molecule has 0 aromatic heterocycles. The van der Waals surface area contributed by atoms with Crippen LogP contribution in [-0.2, 0) is 14.3 Å². The standard InChI is InChI=1S/C15H17Cl2NO3/c16-11-4-3-10(8-12(11)17)13-2-1-5-18(13)15(19)14-9-20-6-7-21-14/h3-4,8,13-14H,1-2,5-7,9H2/t13-,14+/m0/s1. The van der Waals surface area contributed by atoms with Crippen LogP contribution < -0.4 is 0 Å². The average Bonchev–Trinajstić information content (AvgIpc) is 2.99. The summed E-state index contributed by atoms with van der Waals surface area (Å²) in [6.07, 6.45) is 1.42. The molecule has 6 heteroatoms. The summed E-state index contributed by atoms with van der Waals surface area (Å²) >= 11 is 12.0. The van der Waals surface area contributed by atoms with Gasteiger partial charge in [0.1, 0.15) is 0 Å². The Balaban J connectivity index is 1.78.